The minimum atomic E-state index is -1.81. The summed E-state index contributed by atoms with van der Waals surface area (Å²) >= 11 is 0. The minimum absolute atomic E-state index is 0.796. The standard InChI is InChI=1S/C12H24O10/c1-4-7(16)10(19)11(20)12(21-4)22-6(3-14)9(18)8(17)5(15)2-13/h4-20H,2-3H2,1H3/t4-,5+,6+,7+,8+,9+,10+,11-,12-/m0/s1. The van der Waals surface area contributed by atoms with Crippen molar-refractivity contribution in [1.82, 2.24) is 0 Å². The van der Waals surface area contributed by atoms with E-state index in [0.29, 0.717) is 0 Å². The fourth-order valence-corrected chi connectivity index (χ4v) is 2.09. The predicted molar refractivity (Wildman–Crippen MR) is 69.4 cm³/mol. The molecule has 0 unspecified atom stereocenters. The molecular weight excluding hydrogens is 304 g/mol. The zero-order chi connectivity index (χ0) is 17.0. The lowest BCUT2D eigenvalue weighted by Gasteiger charge is -2.41. The molecule has 0 amide bonds. The molecule has 9 atom stereocenters. The van der Waals surface area contributed by atoms with Gasteiger partial charge in [0.05, 0.1) is 19.3 Å². The number of hydrogen-bond acceptors (Lipinski definition) is 10. The molecule has 132 valence electrons. The van der Waals surface area contributed by atoms with E-state index in [1.165, 1.54) is 6.92 Å². The Hall–Kier alpha value is -0.400. The molecular formula is C12H24O10. The molecule has 1 saturated heterocycles. The number of ether oxygens (including phenoxy) is 2. The maximum atomic E-state index is 9.82. The molecule has 1 rings (SSSR count). The topological polar surface area (TPSA) is 180 Å². The summed E-state index contributed by atoms with van der Waals surface area (Å²) in [6.07, 6.45) is -13.6. The van der Waals surface area contributed by atoms with Crippen molar-refractivity contribution in [2.75, 3.05) is 13.2 Å². The van der Waals surface area contributed by atoms with Crippen molar-refractivity contribution in [2.45, 2.75) is 62.0 Å². The van der Waals surface area contributed by atoms with Crippen molar-refractivity contribution in [1.29, 1.82) is 0 Å². The highest BCUT2D eigenvalue weighted by Gasteiger charge is 2.44. The van der Waals surface area contributed by atoms with Gasteiger partial charge in [-0.2, -0.15) is 0 Å². The Bertz CT molecular complexity index is 329. The van der Waals surface area contributed by atoms with E-state index in [1.807, 2.05) is 0 Å². The highest BCUT2D eigenvalue weighted by Crippen LogP contribution is 2.23. The van der Waals surface area contributed by atoms with Gasteiger partial charge in [-0.25, -0.2) is 0 Å². The van der Waals surface area contributed by atoms with Crippen LogP contribution in [0.1, 0.15) is 6.92 Å². The average Bonchev–Trinajstić information content (AvgIpc) is 2.52. The average molecular weight is 328 g/mol. The Labute approximate surface area is 126 Å². The Balaban J connectivity index is 2.72. The van der Waals surface area contributed by atoms with Gasteiger partial charge < -0.3 is 50.3 Å². The molecule has 1 heterocycles. The quantitative estimate of drug-likeness (QED) is 0.226. The van der Waals surface area contributed by atoms with Gasteiger partial charge in [0, 0.05) is 0 Å². The molecule has 0 radical (unpaired) electrons. The van der Waals surface area contributed by atoms with Crippen LogP contribution in [-0.4, -0.2) is 109 Å². The Morgan fingerprint density at radius 2 is 1.50 bits per heavy atom. The molecule has 0 aromatic heterocycles. The summed E-state index contributed by atoms with van der Waals surface area (Å²) in [7, 11) is 0. The number of aliphatic hydroxyl groups is 8. The van der Waals surface area contributed by atoms with Crippen LogP contribution in [0.3, 0.4) is 0 Å². The van der Waals surface area contributed by atoms with E-state index in [-0.39, 0.29) is 0 Å². The summed E-state index contributed by atoms with van der Waals surface area (Å²) in [5.41, 5.74) is 0. The third-order valence-electron chi connectivity index (χ3n) is 3.61. The smallest absolute Gasteiger partial charge is 0.187 e. The molecule has 1 fully saturated rings. The minimum Gasteiger partial charge on any atom is -0.394 e. The van der Waals surface area contributed by atoms with Crippen molar-refractivity contribution in [3.05, 3.63) is 0 Å². The third kappa shape index (κ3) is 4.32. The van der Waals surface area contributed by atoms with Gasteiger partial charge in [-0.15, -0.1) is 0 Å². The zero-order valence-corrected chi connectivity index (χ0v) is 12.0. The first-order valence-corrected chi connectivity index (χ1v) is 6.85. The molecule has 10 nitrogen and oxygen atoms in total. The van der Waals surface area contributed by atoms with Crippen molar-refractivity contribution in [2.24, 2.45) is 0 Å². The van der Waals surface area contributed by atoms with E-state index in [0.717, 1.165) is 0 Å². The Morgan fingerprint density at radius 1 is 0.909 bits per heavy atom. The third-order valence-corrected chi connectivity index (χ3v) is 3.61. The fraction of sp³-hybridized carbons (Fsp3) is 1.00. The largest absolute Gasteiger partial charge is 0.394 e. The maximum absolute atomic E-state index is 9.82. The Kier molecular flexibility index (Phi) is 7.55. The second kappa shape index (κ2) is 8.45. The summed E-state index contributed by atoms with van der Waals surface area (Å²) in [4.78, 5) is 0. The van der Waals surface area contributed by atoms with Crippen LogP contribution >= 0.6 is 0 Å². The van der Waals surface area contributed by atoms with Gasteiger partial charge in [-0.3, -0.25) is 0 Å². The summed E-state index contributed by atoms with van der Waals surface area (Å²) in [5, 5.41) is 75.6. The van der Waals surface area contributed by atoms with Crippen LogP contribution in [-0.2, 0) is 9.47 Å². The molecule has 10 heteroatoms. The van der Waals surface area contributed by atoms with Crippen molar-refractivity contribution in [3.63, 3.8) is 0 Å². The molecule has 1 aliphatic rings. The SMILES string of the molecule is C[C@@H]1O[C@@H](O[C@H](CO)[C@@H](O)[C@H](O)[C@H](O)CO)[C@@H](O)[C@H](O)[C@@H]1O. The van der Waals surface area contributed by atoms with Crippen molar-refractivity contribution >= 4 is 0 Å². The molecule has 0 aromatic carbocycles. The van der Waals surface area contributed by atoms with E-state index in [4.69, 9.17) is 14.6 Å². The van der Waals surface area contributed by atoms with E-state index in [2.05, 4.69) is 0 Å². The van der Waals surface area contributed by atoms with Crippen LogP contribution < -0.4 is 0 Å². The lowest BCUT2D eigenvalue weighted by atomic mass is 9.99. The van der Waals surface area contributed by atoms with Crippen LogP contribution in [0.4, 0.5) is 0 Å². The monoisotopic (exact) mass is 328 g/mol. The molecule has 0 bridgehead atoms. The van der Waals surface area contributed by atoms with E-state index >= 15 is 0 Å². The molecule has 22 heavy (non-hydrogen) atoms. The normalized spacial score (nSPS) is 38.3. The molecule has 1 aliphatic heterocycles. The first kappa shape index (κ1) is 19.6. The summed E-state index contributed by atoms with van der Waals surface area (Å²) in [6, 6.07) is 0. The molecule has 0 saturated carbocycles. The number of rotatable bonds is 7. The zero-order valence-electron chi connectivity index (χ0n) is 12.0. The fourth-order valence-electron chi connectivity index (χ4n) is 2.09. The number of hydrogen-bond donors (Lipinski definition) is 8. The van der Waals surface area contributed by atoms with E-state index in [1.54, 1.807) is 0 Å². The highest BCUT2D eigenvalue weighted by molar-refractivity contribution is 4.89. The molecule has 0 aromatic rings. The van der Waals surface area contributed by atoms with E-state index in [9.17, 15) is 35.7 Å². The summed E-state index contributed by atoms with van der Waals surface area (Å²) < 4.78 is 10.3. The van der Waals surface area contributed by atoms with Gasteiger partial charge in [0.2, 0.25) is 0 Å². The van der Waals surface area contributed by atoms with Crippen LogP contribution in [0.2, 0.25) is 0 Å². The van der Waals surface area contributed by atoms with Gasteiger partial charge in [0.1, 0.15) is 42.7 Å². The van der Waals surface area contributed by atoms with Gasteiger partial charge >= 0.3 is 0 Å². The van der Waals surface area contributed by atoms with Crippen molar-refractivity contribution < 1.29 is 50.3 Å². The van der Waals surface area contributed by atoms with E-state index < -0.39 is 68.3 Å². The molecule has 8 N–H and O–H groups in total. The molecule has 0 aliphatic carbocycles. The Morgan fingerprint density at radius 3 is 2.00 bits per heavy atom. The second-order valence-electron chi connectivity index (χ2n) is 5.27. The highest BCUT2D eigenvalue weighted by atomic mass is 16.7. The van der Waals surface area contributed by atoms with Crippen molar-refractivity contribution in [3.8, 4) is 0 Å². The summed E-state index contributed by atoms with van der Waals surface area (Å²) in [5.74, 6) is 0. The first-order chi connectivity index (χ1) is 10.2. The predicted octanol–water partition coefficient (Wildman–Crippen LogP) is -4.73. The number of aliphatic hydroxyl groups excluding tert-OH is 8. The van der Waals surface area contributed by atoms with Crippen LogP contribution in [0.15, 0.2) is 0 Å². The lowest BCUT2D eigenvalue weighted by Crippen LogP contribution is -2.59. The van der Waals surface area contributed by atoms with Crippen LogP contribution in [0.25, 0.3) is 0 Å². The maximum Gasteiger partial charge on any atom is 0.187 e. The summed E-state index contributed by atoms with van der Waals surface area (Å²) in [6.45, 7) is -0.193. The first-order valence-electron chi connectivity index (χ1n) is 6.85. The van der Waals surface area contributed by atoms with Gasteiger partial charge in [-0.1, -0.05) is 0 Å². The lowest BCUT2D eigenvalue weighted by molar-refractivity contribution is -0.316. The molecule has 0 spiro atoms. The van der Waals surface area contributed by atoms with Crippen LogP contribution in [0.5, 0.6) is 0 Å². The van der Waals surface area contributed by atoms with Gasteiger partial charge in [0.25, 0.3) is 0 Å². The van der Waals surface area contributed by atoms with Crippen LogP contribution in [0, 0.1) is 0 Å². The van der Waals surface area contributed by atoms with Gasteiger partial charge in [-0.05, 0) is 6.92 Å². The second-order valence-corrected chi connectivity index (χ2v) is 5.27. The van der Waals surface area contributed by atoms with Gasteiger partial charge in [0.15, 0.2) is 6.29 Å².